The largest absolute Gasteiger partial charge is 0.507 e. The van der Waals surface area contributed by atoms with Crippen molar-refractivity contribution in [3.8, 4) is 34.8 Å². The highest BCUT2D eigenvalue weighted by Gasteiger charge is 2.56. The van der Waals surface area contributed by atoms with Gasteiger partial charge in [0.25, 0.3) is 0 Å². The first-order valence-electron chi connectivity index (χ1n) is 13.6. The quantitative estimate of drug-likeness (QED) is 0.443. The summed E-state index contributed by atoms with van der Waals surface area (Å²) in [6, 6.07) is 2.02. The maximum absolute atomic E-state index is 12.6. The lowest BCUT2D eigenvalue weighted by molar-refractivity contribution is -0.123. The molecule has 1 saturated heterocycles. The lowest BCUT2D eigenvalue weighted by Crippen LogP contribution is -2.68. The van der Waals surface area contributed by atoms with Gasteiger partial charge in [0.1, 0.15) is 11.8 Å². The molecule has 0 aliphatic carbocycles. The number of carbonyl (C=O) groups excluding carboxylic acids is 1. The molecule has 0 spiro atoms. The van der Waals surface area contributed by atoms with Crippen LogP contribution >= 0.6 is 0 Å². The summed E-state index contributed by atoms with van der Waals surface area (Å²) in [5.74, 6) is 1.33. The molecule has 4 aliphatic heterocycles. The van der Waals surface area contributed by atoms with Gasteiger partial charge in [-0.15, -0.1) is 0 Å². The minimum Gasteiger partial charge on any atom is -0.507 e. The summed E-state index contributed by atoms with van der Waals surface area (Å²) in [5, 5.41) is 36.5. The number of aryl methyl sites for hydroxylation is 1. The van der Waals surface area contributed by atoms with Gasteiger partial charge < -0.3 is 35.5 Å². The number of nitriles is 1. The molecule has 2 aromatic rings. The number of phenolic OH excluding ortho intramolecular Hbond substituents is 2. The van der Waals surface area contributed by atoms with E-state index in [0.717, 1.165) is 16.7 Å². The average Bonchev–Trinajstić information content (AvgIpc) is 3.41. The van der Waals surface area contributed by atoms with Crippen molar-refractivity contribution in [2.24, 2.45) is 5.73 Å². The van der Waals surface area contributed by atoms with Crippen LogP contribution in [0.5, 0.6) is 28.7 Å². The predicted molar refractivity (Wildman–Crippen MR) is 144 cm³/mol. The van der Waals surface area contributed by atoms with E-state index in [2.05, 4.69) is 21.2 Å². The van der Waals surface area contributed by atoms with Crippen LogP contribution in [0.15, 0.2) is 6.07 Å². The molecule has 4 heterocycles. The van der Waals surface area contributed by atoms with Gasteiger partial charge in [-0.2, -0.15) is 5.26 Å². The number of phenols is 2. The van der Waals surface area contributed by atoms with Crippen LogP contribution in [0.2, 0.25) is 0 Å². The fourth-order valence-electron chi connectivity index (χ4n) is 7.40. The van der Waals surface area contributed by atoms with E-state index >= 15 is 0 Å². The third-order valence-electron chi connectivity index (χ3n) is 9.17. The van der Waals surface area contributed by atoms with Crippen molar-refractivity contribution in [2.45, 2.75) is 69.9 Å². The second-order valence-electron chi connectivity index (χ2n) is 11.3. The molecule has 1 unspecified atom stereocenters. The van der Waals surface area contributed by atoms with Crippen molar-refractivity contribution >= 4 is 5.91 Å². The molecule has 212 valence electrons. The standard InChI is InChI=1S/C29H35N5O6/c1-12-6-15-7-17-19(9-30)34-18(23(33(17)4)21(15)25(36)26(12)38-5)8-16-22(20(34)10-32-29(37)14(3)31)28-27(39-11-40-28)13(2)24(16)35/h6,14,17-20,23,35-36H,7-8,10-11,31H2,1-5H3,(H,32,37)/t14-,17+,18?,19-,20-,23+/m0/s1. The number of nitrogens with zero attached hydrogens (tertiary/aromatic N) is 3. The normalized spacial score (nSPS) is 27.2. The van der Waals surface area contributed by atoms with Crippen molar-refractivity contribution in [1.82, 2.24) is 15.1 Å². The molecule has 2 bridgehead atoms. The molecule has 4 aliphatic rings. The molecule has 11 nitrogen and oxygen atoms in total. The molecule has 0 aromatic heterocycles. The molecule has 5 N–H and O–H groups in total. The van der Waals surface area contributed by atoms with Crippen LogP contribution in [-0.2, 0) is 17.6 Å². The van der Waals surface area contributed by atoms with E-state index in [-0.39, 0.29) is 48.9 Å². The van der Waals surface area contributed by atoms with E-state index in [0.29, 0.717) is 46.8 Å². The minimum absolute atomic E-state index is 0.0183. The Morgan fingerprint density at radius 3 is 2.62 bits per heavy atom. The summed E-state index contributed by atoms with van der Waals surface area (Å²) in [5.41, 5.74) is 10.4. The second kappa shape index (κ2) is 9.44. The maximum Gasteiger partial charge on any atom is 0.236 e. The first-order chi connectivity index (χ1) is 19.1. The van der Waals surface area contributed by atoms with Crippen LogP contribution in [0, 0.1) is 25.2 Å². The number of carbonyl (C=O) groups is 1. The Balaban J connectivity index is 1.58. The third kappa shape index (κ3) is 3.56. The van der Waals surface area contributed by atoms with E-state index in [1.54, 1.807) is 21.0 Å². The predicted octanol–water partition coefficient (Wildman–Crippen LogP) is 1.69. The first-order valence-corrected chi connectivity index (χ1v) is 13.6. The maximum atomic E-state index is 12.6. The fraction of sp³-hybridized carbons (Fsp3) is 0.517. The highest BCUT2D eigenvalue weighted by atomic mass is 16.7. The number of hydrogen-bond acceptors (Lipinski definition) is 10. The number of rotatable bonds is 4. The topological polar surface area (TPSA) is 154 Å². The van der Waals surface area contributed by atoms with Crippen molar-refractivity contribution in [3.63, 3.8) is 0 Å². The van der Waals surface area contributed by atoms with Gasteiger partial charge in [-0.3, -0.25) is 14.6 Å². The number of ether oxygens (including phenoxy) is 3. The van der Waals surface area contributed by atoms with Crippen LogP contribution in [0.3, 0.4) is 0 Å². The summed E-state index contributed by atoms with van der Waals surface area (Å²) in [6.45, 7) is 5.48. The first kappa shape index (κ1) is 26.5. The van der Waals surface area contributed by atoms with E-state index in [4.69, 9.17) is 19.9 Å². The SMILES string of the molecule is COc1c(C)cc2c(c1O)[C@H]1C3Cc4c(O)c(C)c5c(c4[C@H](CNC(=O)[C@H](C)N)N3[C@@H](C#N)[C@@H](C2)N1C)OCO5. The third-order valence-corrected chi connectivity index (χ3v) is 9.17. The Kier molecular flexibility index (Phi) is 6.25. The molecule has 0 saturated carbocycles. The Labute approximate surface area is 233 Å². The van der Waals surface area contributed by atoms with Crippen molar-refractivity contribution in [2.75, 3.05) is 27.5 Å². The van der Waals surface area contributed by atoms with Crippen molar-refractivity contribution < 1.29 is 29.2 Å². The number of likely N-dealkylation sites (N-methyl/N-ethyl adjacent to an activating group) is 1. The number of hydrogen-bond donors (Lipinski definition) is 4. The summed E-state index contributed by atoms with van der Waals surface area (Å²) in [4.78, 5) is 17.0. The number of methoxy groups -OCH3 is 1. The number of piperazine rings is 1. The lowest BCUT2D eigenvalue weighted by Gasteiger charge is -2.60. The zero-order valence-corrected chi connectivity index (χ0v) is 23.3. The average molecular weight is 550 g/mol. The number of aromatic hydroxyl groups is 2. The zero-order valence-electron chi connectivity index (χ0n) is 23.3. The molecular weight excluding hydrogens is 514 g/mol. The summed E-state index contributed by atoms with van der Waals surface area (Å²) < 4.78 is 17.3. The molecule has 40 heavy (non-hydrogen) atoms. The van der Waals surface area contributed by atoms with Crippen LogP contribution in [0.25, 0.3) is 0 Å². The fourth-order valence-corrected chi connectivity index (χ4v) is 7.40. The van der Waals surface area contributed by atoms with Gasteiger partial charge in [-0.1, -0.05) is 6.07 Å². The zero-order chi connectivity index (χ0) is 28.6. The Hall–Kier alpha value is -3.72. The highest BCUT2D eigenvalue weighted by molar-refractivity contribution is 5.81. The van der Waals surface area contributed by atoms with Gasteiger partial charge in [0.05, 0.1) is 31.3 Å². The van der Waals surface area contributed by atoms with Gasteiger partial charge >= 0.3 is 0 Å². The number of benzene rings is 2. The van der Waals surface area contributed by atoms with Crippen LogP contribution in [-0.4, -0.2) is 77.6 Å². The van der Waals surface area contributed by atoms with Gasteiger partial charge in [0, 0.05) is 40.9 Å². The van der Waals surface area contributed by atoms with Crippen molar-refractivity contribution in [1.29, 1.82) is 5.26 Å². The smallest absolute Gasteiger partial charge is 0.236 e. The number of fused-ring (bicyclic) bond motifs is 9. The van der Waals surface area contributed by atoms with Crippen LogP contribution < -0.4 is 25.3 Å². The lowest BCUT2D eigenvalue weighted by atomic mass is 9.71. The molecular formula is C29H35N5O6. The van der Waals surface area contributed by atoms with Gasteiger partial charge in [-0.05, 0) is 51.8 Å². The Morgan fingerprint density at radius 1 is 1.23 bits per heavy atom. The van der Waals surface area contributed by atoms with Gasteiger partial charge in [0.15, 0.2) is 23.0 Å². The van der Waals surface area contributed by atoms with Gasteiger partial charge in [0.2, 0.25) is 12.7 Å². The molecule has 0 radical (unpaired) electrons. The molecule has 1 amide bonds. The summed E-state index contributed by atoms with van der Waals surface area (Å²) in [7, 11) is 3.53. The molecule has 11 heteroatoms. The van der Waals surface area contributed by atoms with Crippen LogP contribution in [0.1, 0.15) is 52.4 Å². The van der Waals surface area contributed by atoms with E-state index in [1.807, 2.05) is 20.0 Å². The van der Waals surface area contributed by atoms with E-state index in [9.17, 15) is 20.3 Å². The van der Waals surface area contributed by atoms with Gasteiger partial charge in [-0.25, -0.2) is 0 Å². The molecule has 2 aromatic carbocycles. The van der Waals surface area contributed by atoms with Crippen LogP contribution in [0.4, 0.5) is 0 Å². The summed E-state index contributed by atoms with van der Waals surface area (Å²) >= 11 is 0. The second-order valence-corrected chi connectivity index (χ2v) is 11.3. The van der Waals surface area contributed by atoms with E-state index < -0.39 is 18.1 Å². The Morgan fingerprint density at radius 2 is 1.95 bits per heavy atom. The van der Waals surface area contributed by atoms with E-state index in [1.165, 1.54) is 0 Å². The number of nitrogens with one attached hydrogen (secondary N) is 1. The summed E-state index contributed by atoms with van der Waals surface area (Å²) in [6.07, 6.45) is 0.955. The monoisotopic (exact) mass is 549 g/mol. The molecule has 6 rings (SSSR count). The van der Waals surface area contributed by atoms with Crippen molar-refractivity contribution in [3.05, 3.63) is 39.4 Å². The molecule has 1 fully saturated rings. The number of amides is 1. The highest BCUT2D eigenvalue weighted by Crippen LogP contribution is 2.58. The number of nitrogens with two attached hydrogens (primary N) is 1. The Bertz CT molecular complexity index is 1450. The molecule has 6 atom stereocenters. The minimum atomic E-state index is -0.714.